The van der Waals surface area contributed by atoms with Crippen LogP contribution in [0.15, 0.2) is 24.8 Å². The van der Waals surface area contributed by atoms with Crippen LogP contribution in [0.2, 0.25) is 0 Å². The van der Waals surface area contributed by atoms with E-state index in [1.54, 1.807) is 4.68 Å². The van der Waals surface area contributed by atoms with Gasteiger partial charge in [0.1, 0.15) is 0 Å². The maximum absolute atomic E-state index is 4.26. The van der Waals surface area contributed by atoms with Gasteiger partial charge in [0.2, 0.25) is 0 Å². The summed E-state index contributed by atoms with van der Waals surface area (Å²) in [6, 6.07) is 0. The predicted octanol–water partition coefficient (Wildman–Crippen LogP) is 1.64. The number of rotatable bonds is 5. The Morgan fingerprint density at radius 3 is 2.81 bits per heavy atom. The summed E-state index contributed by atoms with van der Waals surface area (Å²) in [6.45, 7) is 3.89. The molecule has 0 aromatic carbocycles. The summed E-state index contributed by atoms with van der Waals surface area (Å²) >= 11 is 0. The molecule has 0 aliphatic carbocycles. The van der Waals surface area contributed by atoms with Gasteiger partial charge in [0.05, 0.1) is 18.1 Å². The van der Waals surface area contributed by atoms with E-state index in [1.807, 2.05) is 36.5 Å². The third kappa shape index (κ3) is 2.62. The molecule has 0 amide bonds. The van der Waals surface area contributed by atoms with Crippen LogP contribution >= 0.6 is 0 Å². The number of aromatic nitrogens is 4. The van der Waals surface area contributed by atoms with Gasteiger partial charge in [-0.05, 0) is 6.42 Å². The average Bonchev–Trinajstić information content (AvgIpc) is 2.85. The topological polar surface area (TPSA) is 47.7 Å². The van der Waals surface area contributed by atoms with E-state index in [-0.39, 0.29) is 0 Å². The normalized spacial score (nSPS) is 10.6. The molecule has 0 radical (unpaired) electrons. The van der Waals surface area contributed by atoms with E-state index < -0.39 is 0 Å². The smallest absolute Gasteiger partial charge is 0.0729 e. The molecule has 86 valence electrons. The van der Waals surface area contributed by atoms with Gasteiger partial charge in [-0.25, -0.2) is 0 Å². The number of aryl methyl sites for hydroxylation is 2. The zero-order chi connectivity index (χ0) is 11.4. The average molecular weight is 219 g/mol. The zero-order valence-electron chi connectivity index (χ0n) is 9.72. The van der Waals surface area contributed by atoms with Crippen molar-refractivity contribution in [3.05, 3.63) is 30.4 Å². The Morgan fingerprint density at radius 1 is 1.25 bits per heavy atom. The van der Waals surface area contributed by atoms with Crippen LogP contribution in [0.25, 0.3) is 0 Å². The van der Waals surface area contributed by atoms with Crippen molar-refractivity contribution in [2.24, 2.45) is 7.05 Å². The molecule has 2 heterocycles. The van der Waals surface area contributed by atoms with Crippen molar-refractivity contribution in [2.75, 3.05) is 5.32 Å². The minimum Gasteiger partial charge on any atom is -0.378 e. The van der Waals surface area contributed by atoms with Crippen molar-refractivity contribution in [3.8, 4) is 0 Å². The SMILES string of the molecule is CCCn1cc(NCc2cnn(C)c2)cn1. The summed E-state index contributed by atoms with van der Waals surface area (Å²) in [5.41, 5.74) is 2.23. The molecule has 2 aromatic heterocycles. The lowest BCUT2D eigenvalue weighted by atomic mass is 10.3. The second-order valence-corrected chi connectivity index (χ2v) is 3.87. The summed E-state index contributed by atoms with van der Waals surface area (Å²) in [4.78, 5) is 0. The van der Waals surface area contributed by atoms with E-state index in [9.17, 15) is 0 Å². The first-order valence-electron chi connectivity index (χ1n) is 5.52. The van der Waals surface area contributed by atoms with Crippen molar-refractivity contribution < 1.29 is 0 Å². The largest absolute Gasteiger partial charge is 0.378 e. The van der Waals surface area contributed by atoms with Gasteiger partial charge in [0.25, 0.3) is 0 Å². The Bertz CT molecular complexity index is 443. The molecule has 2 aromatic rings. The second kappa shape index (κ2) is 4.83. The molecular formula is C11H17N5. The first kappa shape index (κ1) is 10.7. The van der Waals surface area contributed by atoms with Crippen molar-refractivity contribution in [2.45, 2.75) is 26.4 Å². The van der Waals surface area contributed by atoms with Crippen LogP contribution in [0.4, 0.5) is 5.69 Å². The molecule has 5 nitrogen and oxygen atoms in total. The van der Waals surface area contributed by atoms with Gasteiger partial charge in [-0.15, -0.1) is 0 Å². The third-order valence-electron chi connectivity index (χ3n) is 2.34. The lowest BCUT2D eigenvalue weighted by Gasteiger charge is -2.00. The van der Waals surface area contributed by atoms with Gasteiger partial charge in [-0.1, -0.05) is 6.92 Å². The summed E-state index contributed by atoms with van der Waals surface area (Å²) in [7, 11) is 1.92. The Morgan fingerprint density at radius 2 is 2.12 bits per heavy atom. The lowest BCUT2D eigenvalue weighted by molar-refractivity contribution is 0.603. The molecule has 0 saturated carbocycles. The molecule has 0 unspecified atom stereocenters. The van der Waals surface area contributed by atoms with Crippen LogP contribution in [0.5, 0.6) is 0 Å². The molecule has 5 heteroatoms. The monoisotopic (exact) mass is 219 g/mol. The summed E-state index contributed by atoms with van der Waals surface area (Å²) in [5.74, 6) is 0. The van der Waals surface area contributed by atoms with Gasteiger partial charge in [-0.3, -0.25) is 9.36 Å². The maximum atomic E-state index is 4.26. The summed E-state index contributed by atoms with van der Waals surface area (Å²) in [6.07, 6.45) is 8.85. The van der Waals surface area contributed by atoms with Gasteiger partial charge >= 0.3 is 0 Å². The molecule has 1 N–H and O–H groups in total. The highest BCUT2D eigenvalue weighted by molar-refractivity contribution is 5.38. The highest BCUT2D eigenvalue weighted by atomic mass is 15.3. The predicted molar refractivity (Wildman–Crippen MR) is 63.1 cm³/mol. The molecule has 0 atom stereocenters. The number of anilines is 1. The van der Waals surface area contributed by atoms with Gasteiger partial charge in [0, 0.05) is 38.1 Å². The Labute approximate surface area is 95.1 Å². The first-order chi connectivity index (χ1) is 7.78. The molecule has 0 bridgehead atoms. The van der Waals surface area contributed by atoms with E-state index in [1.165, 1.54) is 5.56 Å². The zero-order valence-corrected chi connectivity index (χ0v) is 9.72. The highest BCUT2D eigenvalue weighted by Crippen LogP contribution is 2.07. The van der Waals surface area contributed by atoms with E-state index in [0.29, 0.717) is 0 Å². The fourth-order valence-corrected chi connectivity index (χ4v) is 1.57. The van der Waals surface area contributed by atoms with Gasteiger partial charge in [0.15, 0.2) is 0 Å². The number of hydrogen-bond acceptors (Lipinski definition) is 3. The molecule has 0 saturated heterocycles. The van der Waals surface area contributed by atoms with Crippen LogP contribution < -0.4 is 5.32 Å². The maximum Gasteiger partial charge on any atom is 0.0729 e. The summed E-state index contributed by atoms with van der Waals surface area (Å²) < 4.78 is 3.75. The molecule has 2 rings (SSSR count). The number of nitrogens with one attached hydrogen (secondary N) is 1. The van der Waals surface area contributed by atoms with Crippen molar-refractivity contribution in [1.82, 2.24) is 19.6 Å². The molecule has 0 spiro atoms. The quantitative estimate of drug-likeness (QED) is 0.831. The lowest BCUT2D eigenvalue weighted by Crippen LogP contribution is -1.98. The van der Waals surface area contributed by atoms with Crippen LogP contribution in [0, 0.1) is 0 Å². The van der Waals surface area contributed by atoms with Crippen molar-refractivity contribution in [1.29, 1.82) is 0 Å². The van der Waals surface area contributed by atoms with Crippen molar-refractivity contribution >= 4 is 5.69 Å². The van der Waals surface area contributed by atoms with Crippen LogP contribution in [-0.4, -0.2) is 19.6 Å². The molecular weight excluding hydrogens is 202 g/mol. The second-order valence-electron chi connectivity index (χ2n) is 3.87. The van der Waals surface area contributed by atoms with Crippen LogP contribution in [0.3, 0.4) is 0 Å². The van der Waals surface area contributed by atoms with Crippen LogP contribution in [0.1, 0.15) is 18.9 Å². The Balaban J connectivity index is 1.89. The number of nitrogens with zero attached hydrogens (tertiary/aromatic N) is 4. The standard InChI is InChI=1S/C11H17N5/c1-3-4-16-9-11(7-14-16)12-5-10-6-13-15(2)8-10/h6-9,12H,3-5H2,1-2H3. The summed E-state index contributed by atoms with van der Waals surface area (Å²) in [5, 5.41) is 11.7. The number of hydrogen-bond donors (Lipinski definition) is 1. The Kier molecular flexibility index (Phi) is 3.24. The van der Waals surface area contributed by atoms with E-state index in [0.717, 1.165) is 25.2 Å². The van der Waals surface area contributed by atoms with E-state index in [4.69, 9.17) is 0 Å². The molecule has 0 aliphatic rings. The van der Waals surface area contributed by atoms with Gasteiger partial charge < -0.3 is 5.32 Å². The van der Waals surface area contributed by atoms with Crippen molar-refractivity contribution in [3.63, 3.8) is 0 Å². The minimum atomic E-state index is 0.783. The van der Waals surface area contributed by atoms with E-state index in [2.05, 4.69) is 22.4 Å². The van der Waals surface area contributed by atoms with Gasteiger partial charge in [-0.2, -0.15) is 10.2 Å². The molecule has 16 heavy (non-hydrogen) atoms. The van der Waals surface area contributed by atoms with Crippen LogP contribution in [-0.2, 0) is 20.1 Å². The fourth-order valence-electron chi connectivity index (χ4n) is 1.57. The van der Waals surface area contributed by atoms with E-state index >= 15 is 0 Å². The molecule has 0 fully saturated rings. The first-order valence-corrected chi connectivity index (χ1v) is 5.52. The third-order valence-corrected chi connectivity index (χ3v) is 2.34. The highest BCUT2D eigenvalue weighted by Gasteiger charge is 1.99. The fraction of sp³-hybridized carbons (Fsp3) is 0.455. The minimum absolute atomic E-state index is 0.783. The Hall–Kier alpha value is -1.78. The molecule has 0 aliphatic heterocycles.